The number of aliphatic hydroxyl groups excluding tert-OH is 1. The van der Waals surface area contributed by atoms with E-state index in [1.807, 2.05) is 0 Å². The highest BCUT2D eigenvalue weighted by Crippen LogP contribution is 2.29. The minimum Gasteiger partial charge on any atom is -0.493 e. The SMILES string of the molecule is COc1ccc(S(=O)(=O)NC(C)C(=O)NCCCO)cc1OC. The maximum atomic E-state index is 12.3. The van der Waals surface area contributed by atoms with Crippen LogP contribution in [0.1, 0.15) is 13.3 Å². The van der Waals surface area contributed by atoms with E-state index in [9.17, 15) is 13.2 Å². The van der Waals surface area contributed by atoms with Gasteiger partial charge >= 0.3 is 0 Å². The monoisotopic (exact) mass is 346 g/mol. The summed E-state index contributed by atoms with van der Waals surface area (Å²) in [4.78, 5) is 11.7. The minimum absolute atomic E-state index is 0.0369. The first-order valence-electron chi connectivity index (χ1n) is 6.98. The van der Waals surface area contributed by atoms with Crippen LogP contribution in [0.5, 0.6) is 11.5 Å². The van der Waals surface area contributed by atoms with Gasteiger partial charge in [-0.1, -0.05) is 0 Å². The summed E-state index contributed by atoms with van der Waals surface area (Å²) in [7, 11) is -1.04. The van der Waals surface area contributed by atoms with Gasteiger partial charge in [0, 0.05) is 19.2 Å². The van der Waals surface area contributed by atoms with Gasteiger partial charge in [0.05, 0.1) is 25.2 Å². The van der Waals surface area contributed by atoms with Crippen LogP contribution in [0.4, 0.5) is 0 Å². The molecule has 0 saturated carbocycles. The molecule has 0 aliphatic rings. The molecule has 0 fully saturated rings. The number of hydrogen-bond acceptors (Lipinski definition) is 6. The Balaban J connectivity index is 2.84. The molecular weight excluding hydrogens is 324 g/mol. The van der Waals surface area contributed by atoms with E-state index in [0.717, 1.165) is 0 Å². The molecular formula is C14H22N2O6S. The molecule has 8 nitrogen and oxygen atoms in total. The highest BCUT2D eigenvalue weighted by Gasteiger charge is 2.23. The Hall–Kier alpha value is -1.84. The molecule has 0 aliphatic carbocycles. The Morgan fingerprint density at radius 3 is 2.48 bits per heavy atom. The molecule has 1 rings (SSSR count). The summed E-state index contributed by atoms with van der Waals surface area (Å²) in [5, 5.41) is 11.2. The molecule has 0 aromatic heterocycles. The van der Waals surface area contributed by atoms with Crippen molar-refractivity contribution in [3.63, 3.8) is 0 Å². The lowest BCUT2D eigenvalue weighted by Gasteiger charge is -2.15. The molecule has 0 aliphatic heterocycles. The van der Waals surface area contributed by atoms with Crippen LogP contribution in [0.2, 0.25) is 0 Å². The van der Waals surface area contributed by atoms with Crippen molar-refractivity contribution in [1.82, 2.24) is 10.0 Å². The lowest BCUT2D eigenvalue weighted by atomic mass is 10.3. The first kappa shape index (κ1) is 19.2. The third kappa shape index (κ3) is 5.38. The number of nitrogens with one attached hydrogen (secondary N) is 2. The van der Waals surface area contributed by atoms with Gasteiger partial charge < -0.3 is 19.9 Å². The van der Waals surface area contributed by atoms with E-state index in [1.165, 1.54) is 39.3 Å². The first-order valence-corrected chi connectivity index (χ1v) is 8.47. The Labute approximate surface area is 135 Å². The standard InChI is InChI=1S/C14H22N2O6S/c1-10(14(18)15-7-4-8-17)16-23(19,20)11-5-6-12(21-2)13(9-11)22-3/h5-6,9-10,16-17H,4,7-8H2,1-3H3,(H,15,18). The molecule has 1 unspecified atom stereocenters. The van der Waals surface area contributed by atoms with Gasteiger partial charge in [-0.25, -0.2) is 8.42 Å². The van der Waals surface area contributed by atoms with Crippen molar-refractivity contribution < 1.29 is 27.8 Å². The molecule has 0 radical (unpaired) electrons. The van der Waals surface area contributed by atoms with E-state index in [0.29, 0.717) is 12.2 Å². The summed E-state index contributed by atoms with van der Waals surface area (Å²) in [5.41, 5.74) is 0. The van der Waals surface area contributed by atoms with Crippen LogP contribution in [0, 0.1) is 0 Å². The topological polar surface area (TPSA) is 114 Å². The van der Waals surface area contributed by atoms with Crippen LogP contribution in [-0.2, 0) is 14.8 Å². The van der Waals surface area contributed by atoms with Crippen LogP contribution < -0.4 is 19.5 Å². The number of benzene rings is 1. The zero-order valence-corrected chi connectivity index (χ0v) is 14.1. The molecule has 0 saturated heterocycles. The predicted octanol–water partition coefficient (Wildman–Crippen LogP) is -0.131. The normalized spacial score (nSPS) is 12.5. The second kappa shape index (κ2) is 8.70. The van der Waals surface area contributed by atoms with Gasteiger partial charge in [0.1, 0.15) is 0 Å². The van der Waals surface area contributed by atoms with Gasteiger partial charge in [-0.2, -0.15) is 4.72 Å². The number of methoxy groups -OCH3 is 2. The van der Waals surface area contributed by atoms with Crippen molar-refractivity contribution in [2.45, 2.75) is 24.3 Å². The zero-order chi connectivity index (χ0) is 17.5. The van der Waals surface area contributed by atoms with Crippen molar-refractivity contribution in [2.75, 3.05) is 27.4 Å². The fraction of sp³-hybridized carbons (Fsp3) is 0.500. The van der Waals surface area contributed by atoms with Gasteiger partial charge in [0.25, 0.3) is 0 Å². The molecule has 9 heteroatoms. The number of ether oxygens (including phenoxy) is 2. The largest absolute Gasteiger partial charge is 0.493 e. The average Bonchev–Trinajstić information content (AvgIpc) is 2.53. The van der Waals surface area contributed by atoms with Crippen molar-refractivity contribution >= 4 is 15.9 Å². The van der Waals surface area contributed by atoms with Crippen LogP contribution >= 0.6 is 0 Å². The fourth-order valence-electron chi connectivity index (χ4n) is 1.78. The summed E-state index contributed by atoms with van der Waals surface area (Å²) in [6, 6.07) is 3.20. The van der Waals surface area contributed by atoms with Crippen molar-refractivity contribution in [1.29, 1.82) is 0 Å². The molecule has 0 bridgehead atoms. The van der Waals surface area contributed by atoms with Crippen LogP contribution in [-0.4, -0.2) is 52.8 Å². The molecule has 0 spiro atoms. The van der Waals surface area contributed by atoms with E-state index in [1.54, 1.807) is 0 Å². The van der Waals surface area contributed by atoms with E-state index in [4.69, 9.17) is 14.6 Å². The average molecular weight is 346 g/mol. The molecule has 1 amide bonds. The van der Waals surface area contributed by atoms with Crippen molar-refractivity contribution in [3.8, 4) is 11.5 Å². The fourth-order valence-corrected chi connectivity index (χ4v) is 3.00. The Kier molecular flexibility index (Phi) is 7.27. The quantitative estimate of drug-likeness (QED) is 0.537. The third-order valence-corrected chi connectivity index (χ3v) is 4.56. The van der Waals surface area contributed by atoms with E-state index < -0.39 is 22.0 Å². The van der Waals surface area contributed by atoms with Crippen molar-refractivity contribution in [3.05, 3.63) is 18.2 Å². The van der Waals surface area contributed by atoms with Crippen molar-refractivity contribution in [2.24, 2.45) is 0 Å². The Morgan fingerprint density at radius 2 is 1.91 bits per heavy atom. The predicted molar refractivity (Wildman–Crippen MR) is 84.0 cm³/mol. The van der Waals surface area contributed by atoms with Crippen LogP contribution in [0.3, 0.4) is 0 Å². The first-order chi connectivity index (χ1) is 10.9. The molecule has 1 aromatic rings. The van der Waals surface area contributed by atoms with Gasteiger partial charge in [-0.05, 0) is 25.5 Å². The number of rotatable bonds is 9. The zero-order valence-electron chi connectivity index (χ0n) is 13.3. The number of carbonyl (C=O) groups is 1. The molecule has 130 valence electrons. The summed E-state index contributed by atoms with van der Waals surface area (Å²) < 4.78 is 37.0. The molecule has 23 heavy (non-hydrogen) atoms. The smallest absolute Gasteiger partial charge is 0.241 e. The lowest BCUT2D eigenvalue weighted by molar-refractivity contribution is -0.122. The highest BCUT2D eigenvalue weighted by atomic mass is 32.2. The molecule has 0 heterocycles. The van der Waals surface area contributed by atoms with E-state index in [2.05, 4.69) is 10.0 Å². The molecule has 3 N–H and O–H groups in total. The number of sulfonamides is 1. The van der Waals surface area contributed by atoms with E-state index >= 15 is 0 Å². The number of hydrogen-bond donors (Lipinski definition) is 3. The second-order valence-electron chi connectivity index (χ2n) is 4.73. The Bertz CT molecular complexity index is 632. The highest BCUT2D eigenvalue weighted by molar-refractivity contribution is 7.89. The Morgan fingerprint density at radius 1 is 1.26 bits per heavy atom. The maximum absolute atomic E-state index is 12.3. The van der Waals surface area contributed by atoms with E-state index in [-0.39, 0.29) is 23.8 Å². The molecule has 1 aromatic carbocycles. The van der Waals surface area contributed by atoms with Gasteiger partial charge in [-0.3, -0.25) is 4.79 Å². The van der Waals surface area contributed by atoms with Gasteiger partial charge in [0.15, 0.2) is 11.5 Å². The summed E-state index contributed by atoms with van der Waals surface area (Å²) in [6.07, 6.45) is 0.404. The lowest BCUT2D eigenvalue weighted by Crippen LogP contribution is -2.45. The summed E-state index contributed by atoms with van der Waals surface area (Å²) in [5.74, 6) is 0.208. The minimum atomic E-state index is -3.89. The van der Waals surface area contributed by atoms with Crippen LogP contribution in [0.15, 0.2) is 23.1 Å². The summed E-state index contributed by atoms with van der Waals surface area (Å²) >= 11 is 0. The maximum Gasteiger partial charge on any atom is 0.241 e. The number of aliphatic hydroxyl groups is 1. The third-order valence-electron chi connectivity index (χ3n) is 3.02. The number of carbonyl (C=O) groups excluding carboxylic acids is 1. The van der Waals surface area contributed by atoms with Gasteiger partial charge in [0.2, 0.25) is 15.9 Å². The summed E-state index contributed by atoms with van der Waals surface area (Å²) in [6.45, 7) is 1.66. The number of amides is 1. The van der Waals surface area contributed by atoms with Crippen LogP contribution in [0.25, 0.3) is 0 Å². The van der Waals surface area contributed by atoms with Gasteiger partial charge in [-0.15, -0.1) is 0 Å². The molecule has 1 atom stereocenters. The second-order valence-corrected chi connectivity index (χ2v) is 6.44.